The molecule has 15 heavy (non-hydrogen) atoms. The molecule has 88 valence electrons. The van der Waals surface area contributed by atoms with Crippen LogP contribution in [0.5, 0.6) is 0 Å². The first-order valence-corrected chi connectivity index (χ1v) is 5.55. The molecule has 0 saturated carbocycles. The topological polar surface area (TPSA) is 49.8 Å². The van der Waals surface area contributed by atoms with E-state index in [4.69, 9.17) is 4.74 Å². The fourth-order valence-electron chi connectivity index (χ4n) is 2.23. The number of hydrogen-bond donors (Lipinski definition) is 1. The van der Waals surface area contributed by atoms with Crippen LogP contribution < -0.4 is 0 Å². The van der Waals surface area contributed by atoms with Gasteiger partial charge in [-0.1, -0.05) is 13.3 Å². The van der Waals surface area contributed by atoms with Gasteiger partial charge in [-0.25, -0.2) is 0 Å². The molecule has 4 nitrogen and oxygen atoms in total. The molecule has 0 radical (unpaired) electrons. The lowest BCUT2D eigenvalue weighted by Gasteiger charge is -2.42. The molecular formula is C11H21NO3. The second kappa shape index (κ2) is 4.94. The molecule has 1 saturated heterocycles. The van der Waals surface area contributed by atoms with Gasteiger partial charge >= 0.3 is 5.97 Å². The van der Waals surface area contributed by atoms with Gasteiger partial charge in [0, 0.05) is 13.0 Å². The van der Waals surface area contributed by atoms with Gasteiger partial charge in [-0.15, -0.1) is 0 Å². The molecule has 0 aromatic rings. The molecule has 0 amide bonds. The number of ether oxygens (including phenoxy) is 1. The molecule has 1 aliphatic rings. The summed E-state index contributed by atoms with van der Waals surface area (Å²) < 4.78 is 5.58. The zero-order valence-electron chi connectivity index (χ0n) is 9.82. The second-order valence-electron chi connectivity index (χ2n) is 4.47. The normalized spacial score (nSPS) is 31.9. The van der Waals surface area contributed by atoms with E-state index in [0.717, 1.165) is 12.8 Å². The molecule has 4 heteroatoms. The average molecular weight is 215 g/mol. The number of likely N-dealkylation sites (N-methyl/N-ethyl adjacent to an activating group) is 1. The first-order valence-electron chi connectivity index (χ1n) is 5.55. The van der Waals surface area contributed by atoms with E-state index in [1.807, 2.05) is 19.0 Å². The van der Waals surface area contributed by atoms with Crippen LogP contribution in [0.3, 0.4) is 0 Å². The Morgan fingerprint density at radius 2 is 2.27 bits per heavy atom. The van der Waals surface area contributed by atoms with Crippen LogP contribution in [0.25, 0.3) is 0 Å². The van der Waals surface area contributed by atoms with Crippen LogP contribution in [0.1, 0.15) is 32.6 Å². The van der Waals surface area contributed by atoms with E-state index in [1.54, 1.807) is 0 Å². The average Bonchev–Trinajstić information content (AvgIpc) is 2.18. The lowest BCUT2D eigenvalue weighted by molar-refractivity contribution is -0.160. The first kappa shape index (κ1) is 12.5. The highest BCUT2D eigenvalue weighted by molar-refractivity contribution is 5.79. The lowest BCUT2D eigenvalue weighted by Crippen LogP contribution is -2.56. The Morgan fingerprint density at radius 1 is 1.60 bits per heavy atom. The van der Waals surface area contributed by atoms with Crippen molar-refractivity contribution in [1.29, 1.82) is 0 Å². The van der Waals surface area contributed by atoms with Crippen molar-refractivity contribution in [3.8, 4) is 0 Å². The molecule has 2 atom stereocenters. The third-order valence-corrected chi connectivity index (χ3v) is 3.30. The van der Waals surface area contributed by atoms with E-state index in [1.165, 1.54) is 0 Å². The Hall–Kier alpha value is -0.610. The minimum Gasteiger partial charge on any atom is -0.480 e. The van der Waals surface area contributed by atoms with Gasteiger partial charge in [-0.2, -0.15) is 0 Å². The van der Waals surface area contributed by atoms with Crippen LogP contribution in [0.2, 0.25) is 0 Å². The molecule has 1 N–H and O–H groups in total. The summed E-state index contributed by atoms with van der Waals surface area (Å²) in [5.74, 6) is -0.725. The van der Waals surface area contributed by atoms with Crippen LogP contribution in [0.4, 0.5) is 0 Å². The van der Waals surface area contributed by atoms with Crippen molar-refractivity contribution in [1.82, 2.24) is 4.90 Å². The molecule has 1 aliphatic heterocycles. The number of carboxylic acids is 1. The minimum absolute atomic E-state index is 0.0993. The van der Waals surface area contributed by atoms with Crippen LogP contribution in [-0.2, 0) is 9.53 Å². The van der Waals surface area contributed by atoms with E-state index >= 15 is 0 Å². The van der Waals surface area contributed by atoms with Crippen LogP contribution >= 0.6 is 0 Å². The van der Waals surface area contributed by atoms with Gasteiger partial charge in [0.1, 0.15) is 5.54 Å². The van der Waals surface area contributed by atoms with E-state index in [9.17, 15) is 9.90 Å². The summed E-state index contributed by atoms with van der Waals surface area (Å²) in [5.41, 5.74) is -0.724. The molecule has 0 aromatic heterocycles. The summed E-state index contributed by atoms with van der Waals surface area (Å²) in [7, 11) is 3.67. The summed E-state index contributed by atoms with van der Waals surface area (Å²) in [6, 6.07) is 0. The third-order valence-electron chi connectivity index (χ3n) is 3.30. The maximum atomic E-state index is 11.4. The van der Waals surface area contributed by atoms with Crippen molar-refractivity contribution < 1.29 is 14.6 Å². The van der Waals surface area contributed by atoms with Crippen molar-refractivity contribution in [2.75, 3.05) is 20.7 Å². The summed E-state index contributed by atoms with van der Waals surface area (Å²) in [5, 5.41) is 9.35. The standard InChI is InChI=1S/C11H21NO3/c1-4-5-9-8-11(10(13)14,12(2)3)6-7-15-9/h9H,4-8H2,1-3H3,(H,13,14). The van der Waals surface area contributed by atoms with Gasteiger partial charge < -0.3 is 9.84 Å². The Labute approximate surface area is 91.2 Å². The number of nitrogens with zero attached hydrogens (tertiary/aromatic N) is 1. The van der Waals surface area contributed by atoms with Gasteiger partial charge in [-0.3, -0.25) is 9.69 Å². The van der Waals surface area contributed by atoms with E-state index < -0.39 is 11.5 Å². The smallest absolute Gasteiger partial charge is 0.324 e. The molecule has 0 bridgehead atoms. The number of aliphatic carboxylic acids is 1. The first-order chi connectivity index (χ1) is 7.03. The van der Waals surface area contributed by atoms with Crippen LogP contribution in [0, 0.1) is 0 Å². The van der Waals surface area contributed by atoms with Crippen molar-refractivity contribution in [2.24, 2.45) is 0 Å². The van der Waals surface area contributed by atoms with E-state index in [2.05, 4.69) is 6.92 Å². The highest BCUT2D eigenvalue weighted by Crippen LogP contribution is 2.31. The Balaban J connectivity index is 2.76. The van der Waals surface area contributed by atoms with Gasteiger partial charge in [-0.05, 0) is 26.9 Å². The van der Waals surface area contributed by atoms with Crippen LogP contribution in [-0.4, -0.2) is 48.3 Å². The van der Waals surface area contributed by atoms with E-state index in [0.29, 0.717) is 19.4 Å². The molecule has 1 rings (SSSR count). The van der Waals surface area contributed by atoms with E-state index in [-0.39, 0.29) is 6.10 Å². The number of carbonyl (C=O) groups is 1. The van der Waals surface area contributed by atoms with Gasteiger partial charge in [0.05, 0.1) is 6.10 Å². The lowest BCUT2D eigenvalue weighted by atomic mass is 9.84. The highest BCUT2D eigenvalue weighted by atomic mass is 16.5. The molecule has 0 aliphatic carbocycles. The maximum absolute atomic E-state index is 11.4. The largest absolute Gasteiger partial charge is 0.480 e. The zero-order valence-corrected chi connectivity index (χ0v) is 9.82. The maximum Gasteiger partial charge on any atom is 0.324 e. The monoisotopic (exact) mass is 215 g/mol. The van der Waals surface area contributed by atoms with Crippen molar-refractivity contribution in [3.63, 3.8) is 0 Å². The van der Waals surface area contributed by atoms with Gasteiger partial charge in [0.25, 0.3) is 0 Å². The quantitative estimate of drug-likeness (QED) is 0.769. The summed E-state index contributed by atoms with van der Waals surface area (Å²) >= 11 is 0. The molecule has 0 spiro atoms. The van der Waals surface area contributed by atoms with Gasteiger partial charge in [0.2, 0.25) is 0 Å². The zero-order chi connectivity index (χ0) is 11.5. The second-order valence-corrected chi connectivity index (χ2v) is 4.47. The van der Waals surface area contributed by atoms with Crippen molar-refractivity contribution >= 4 is 5.97 Å². The van der Waals surface area contributed by atoms with Gasteiger partial charge in [0.15, 0.2) is 0 Å². The summed E-state index contributed by atoms with van der Waals surface area (Å²) in [4.78, 5) is 13.2. The molecule has 1 heterocycles. The Bertz CT molecular complexity index is 228. The number of hydrogen-bond acceptors (Lipinski definition) is 3. The molecular weight excluding hydrogens is 194 g/mol. The number of carboxylic acid groups (broad SMARTS) is 1. The predicted molar refractivity (Wildman–Crippen MR) is 57.9 cm³/mol. The summed E-state index contributed by atoms with van der Waals surface area (Å²) in [6.45, 7) is 2.64. The highest BCUT2D eigenvalue weighted by Gasteiger charge is 2.45. The van der Waals surface area contributed by atoms with Crippen LogP contribution in [0.15, 0.2) is 0 Å². The van der Waals surface area contributed by atoms with Crippen molar-refractivity contribution in [3.05, 3.63) is 0 Å². The minimum atomic E-state index is -0.725. The summed E-state index contributed by atoms with van der Waals surface area (Å²) in [6.07, 6.45) is 3.26. The Morgan fingerprint density at radius 3 is 2.73 bits per heavy atom. The fourth-order valence-corrected chi connectivity index (χ4v) is 2.23. The number of rotatable bonds is 4. The third kappa shape index (κ3) is 2.49. The Kier molecular flexibility index (Phi) is 4.11. The molecule has 1 fully saturated rings. The SMILES string of the molecule is CCCC1CC(C(=O)O)(N(C)C)CCO1. The van der Waals surface area contributed by atoms with Crippen molar-refractivity contribution in [2.45, 2.75) is 44.2 Å². The molecule has 2 unspecified atom stereocenters. The fraction of sp³-hybridized carbons (Fsp3) is 0.909. The predicted octanol–water partition coefficient (Wildman–Crippen LogP) is 1.35. The molecule has 0 aromatic carbocycles.